The molecule has 0 fully saturated rings. The number of hydrogen-bond acceptors (Lipinski definition) is 5. The monoisotopic (exact) mass is 489 g/mol. The van der Waals surface area contributed by atoms with E-state index in [2.05, 4.69) is 54.6 Å². The second-order valence-electron chi connectivity index (χ2n) is 9.67. The molecule has 1 aromatic carbocycles. The van der Waals surface area contributed by atoms with Crippen LogP contribution in [0.4, 0.5) is 5.69 Å². The van der Waals surface area contributed by atoms with E-state index in [0.29, 0.717) is 5.41 Å². The van der Waals surface area contributed by atoms with E-state index in [0.717, 1.165) is 56.0 Å². The molecule has 34 heavy (non-hydrogen) atoms. The van der Waals surface area contributed by atoms with E-state index >= 15 is 0 Å². The van der Waals surface area contributed by atoms with Crippen molar-refractivity contribution in [2.24, 2.45) is 5.41 Å². The summed E-state index contributed by atoms with van der Waals surface area (Å²) < 4.78 is 0. The summed E-state index contributed by atoms with van der Waals surface area (Å²) in [6.07, 6.45) is 5.65. The van der Waals surface area contributed by atoms with Crippen LogP contribution in [0, 0.1) is 5.41 Å². The lowest BCUT2D eigenvalue weighted by atomic mass is 9.90. The van der Waals surface area contributed by atoms with Gasteiger partial charge in [-0.1, -0.05) is 44.5 Å². The molecule has 0 atom stereocenters. The molecule has 7 nitrogen and oxygen atoms in total. The first-order chi connectivity index (χ1) is 16.0. The van der Waals surface area contributed by atoms with Crippen LogP contribution < -0.4 is 10.6 Å². The lowest BCUT2D eigenvalue weighted by Gasteiger charge is -2.18. The molecule has 0 saturated heterocycles. The normalized spacial score (nSPS) is 13.2. The van der Waals surface area contributed by atoms with Crippen LogP contribution in [0.15, 0.2) is 30.5 Å². The molecule has 0 saturated carbocycles. The Balaban J connectivity index is 0.000000440. The van der Waals surface area contributed by atoms with Gasteiger partial charge in [-0.2, -0.15) is 0 Å². The maximum Gasteiger partial charge on any atom is 0.303 e. The van der Waals surface area contributed by atoms with Gasteiger partial charge in [0.1, 0.15) is 0 Å². The number of hydrogen-bond donors (Lipinski definition) is 4. The molecule has 1 aliphatic rings. The number of carboxylic acids is 2. The Kier molecular flexibility index (Phi) is 10.8. The molecule has 1 aromatic heterocycles. The Bertz CT molecular complexity index is 942. The van der Waals surface area contributed by atoms with Gasteiger partial charge in [-0.05, 0) is 73.0 Å². The van der Waals surface area contributed by atoms with Gasteiger partial charge in [0, 0.05) is 18.4 Å². The molecular formula is C26H36ClN3O4. The van der Waals surface area contributed by atoms with Crippen LogP contribution in [0.25, 0.3) is 0 Å². The molecule has 4 N–H and O–H groups in total. The first-order valence-corrected chi connectivity index (χ1v) is 12.0. The number of carbonyl (C=O) groups is 2. The summed E-state index contributed by atoms with van der Waals surface area (Å²) in [4.78, 5) is 23.9. The number of aromatic nitrogens is 1. The Hall–Kier alpha value is -2.64. The molecular weight excluding hydrogens is 454 g/mol. The standard InChI is InChI=1S/C22H30ClN3.C4H6O4/c1-22(2,3)11-8-18-6-4-16(14-25-18)15-26-21-19-10-13-24-12-9-17(19)5-7-20(21)23;5-3(6)1-2-4(7)8/h4-7,14,24,26H,8-13,15H2,1-3H3;1-2H2,(H,5,6)(H,7,8). The number of carboxylic acid groups (broad SMARTS) is 2. The summed E-state index contributed by atoms with van der Waals surface area (Å²) >= 11 is 6.49. The zero-order valence-electron chi connectivity index (χ0n) is 20.3. The maximum absolute atomic E-state index is 9.64. The SMILES string of the molecule is CC(C)(C)CCc1ccc(CNc2c(Cl)ccc3c2CCNCC3)cn1.O=C(O)CCC(=O)O. The molecule has 1 aliphatic heterocycles. The summed E-state index contributed by atoms with van der Waals surface area (Å²) in [6.45, 7) is 9.60. The van der Waals surface area contributed by atoms with Gasteiger partial charge in [0.05, 0.1) is 23.6 Å². The largest absolute Gasteiger partial charge is 0.481 e. The van der Waals surface area contributed by atoms with E-state index in [1.807, 2.05) is 12.3 Å². The third kappa shape index (κ3) is 10.1. The first-order valence-electron chi connectivity index (χ1n) is 11.7. The Morgan fingerprint density at radius 2 is 1.74 bits per heavy atom. The van der Waals surface area contributed by atoms with E-state index in [9.17, 15) is 9.59 Å². The van der Waals surface area contributed by atoms with Gasteiger partial charge < -0.3 is 20.8 Å². The molecule has 0 spiro atoms. The summed E-state index contributed by atoms with van der Waals surface area (Å²) in [7, 11) is 0. The van der Waals surface area contributed by atoms with Crippen LogP contribution in [-0.4, -0.2) is 40.2 Å². The quantitative estimate of drug-likeness (QED) is 0.415. The van der Waals surface area contributed by atoms with Crippen LogP contribution in [0.5, 0.6) is 0 Å². The molecule has 0 aliphatic carbocycles. The molecule has 186 valence electrons. The first kappa shape index (κ1) is 27.6. The minimum Gasteiger partial charge on any atom is -0.481 e. The summed E-state index contributed by atoms with van der Waals surface area (Å²) in [5, 5.41) is 23.6. The Labute approximate surface area is 206 Å². The van der Waals surface area contributed by atoms with E-state index < -0.39 is 11.9 Å². The molecule has 3 rings (SSSR count). The molecule has 0 bridgehead atoms. The second-order valence-corrected chi connectivity index (χ2v) is 10.1. The van der Waals surface area contributed by atoms with Crippen molar-refractivity contribution >= 4 is 29.2 Å². The number of aryl methyl sites for hydroxylation is 1. The fourth-order valence-corrected chi connectivity index (χ4v) is 3.79. The van der Waals surface area contributed by atoms with Gasteiger partial charge in [-0.25, -0.2) is 0 Å². The predicted octanol–water partition coefficient (Wildman–Crippen LogP) is 4.95. The van der Waals surface area contributed by atoms with Crippen molar-refractivity contribution in [2.45, 2.75) is 65.8 Å². The fraction of sp³-hybridized carbons (Fsp3) is 0.500. The number of fused-ring (bicyclic) bond motifs is 1. The highest BCUT2D eigenvalue weighted by Gasteiger charge is 2.15. The minimum atomic E-state index is -1.08. The van der Waals surface area contributed by atoms with Gasteiger partial charge >= 0.3 is 11.9 Å². The summed E-state index contributed by atoms with van der Waals surface area (Å²) in [5.74, 6) is -2.15. The lowest BCUT2D eigenvalue weighted by molar-refractivity contribution is -0.143. The number of nitrogens with one attached hydrogen (secondary N) is 2. The Morgan fingerprint density at radius 3 is 2.32 bits per heavy atom. The van der Waals surface area contributed by atoms with Crippen molar-refractivity contribution in [1.82, 2.24) is 10.3 Å². The number of anilines is 1. The number of pyridine rings is 1. The van der Waals surface area contributed by atoms with Gasteiger partial charge in [0.25, 0.3) is 0 Å². The van der Waals surface area contributed by atoms with Gasteiger partial charge in [-0.3, -0.25) is 14.6 Å². The smallest absolute Gasteiger partial charge is 0.303 e. The Morgan fingerprint density at radius 1 is 1.06 bits per heavy atom. The maximum atomic E-state index is 9.64. The van der Waals surface area contributed by atoms with Crippen molar-refractivity contribution in [3.63, 3.8) is 0 Å². The zero-order chi connectivity index (χ0) is 25.1. The van der Waals surface area contributed by atoms with E-state index in [1.54, 1.807) is 0 Å². The third-order valence-electron chi connectivity index (χ3n) is 5.52. The van der Waals surface area contributed by atoms with Crippen molar-refractivity contribution in [1.29, 1.82) is 0 Å². The zero-order valence-corrected chi connectivity index (χ0v) is 21.0. The van der Waals surface area contributed by atoms with Crippen LogP contribution in [0.1, 0.15) is 62.4 Å². The van der Waals surface area contributed by atoms with Gasteiger partial charge in [0.2, 0.25) is 0 Å². The molecule has 0 unspecified atom stereocenters. The van der Waals surface area contributed by atoms with Crippen LogP contribution in [0.2, 0.25) is 5.02 Å². The highest BCUT2D eigenvalue weighted by atomic mass is 35.5. The number of aliphatic carboxylic acids is 2. The number of halogens is 1. The van der Waals surface area contributed by atoms with Crippen molar-refractivity contribution in [3.8, 4) is 0 Å². The van der Waals surface area contributed by atoms with Crippen molar-refractivity contribution in [3.05, 3.63) is 57.9 Å². The summed E-state index contributed by atoms with van der Waals surface area (Å²) in [5.41, 5.74) is 6.55. The minimum absolute atomic E-state index is 0.296. The number of benzene rings is 1. The summed E-state index contributed by atoms with van der Waals surface area (Å²) in [6, 6.07) is 8.51. The predicted molar refractivity (Wildman–Crippen MR) is 136 cm³/mol. The van der Waals surface area contributed by atoms with E-state index in [-0.39, 0.29) is 12.8 Å². The van der Waals surface area contributed by atoms with Crippen LogP contribution >= 0.6 is 11.6 Å². The fourth-order valence-electron chi connectivity index (χ4n) is 3.55. The van der Waals surface area contributed by atoms with Crippen molar-refractivity contribution in [2.75, 3.05) is 18.4 Å². The number of nitrogens with zero attached hydrogens (tertiary/aromatic N) is 1. The molecule has 0 radical (unpaired) electrons. The highest BCUT2D eigenvalue weighted by Crippen LogP contribution is 2.31. The molecule has 2 heterocycles. The van der Waals surface area contributed by atoms with Crippen molar-refractivity contribution < 1.29 is 19.8 Å². The van der Waals surface area contributed by atoms with E-state index in [1.165, 1.54) is 22.4 Å². The average molecular weight is 490 g/mol. The van der Waals surface area contributed by atoms with Gasteiger partial charge in [0.15, 0.2) is 0 Å². The van der Waals surface area contributed by atoms with E-state index in [4.69, 9.17) is 21.8 Å². The van der Waals surface area contributed by atoms with Crippen LogP contribution in [0.3, 0.4) is 0 Å². The average Bonchev–Trinajstić information content (AvgIpc) is 3.02. The number of rotatable bonds is 8. The lowest BCUT2D eigenvalue weighted by Crippen LogP contribution is -2.16. The molecule has 2 aromatic rings. The second kappa shape index (κ2) is 13.3. The van der Waals surface area contributed by atoms with Gasteiger partial charge in [-0.15, -0.1) is 0 Å². The third-order valence-corrected chi connectivity index (χ3v) is 5.84. The van der Waals surface area contributed by atoms with Crippen LogP contribution in [-0.2, 0) is 35.4 Å². The molecule has 0 amide bonds. The topological polar surface area (TPSA) is 112 Å². The molecule has 8 heteroatoms. The highest BCUT2D eigenvalue weighted by molar-refractivity contribution is 6.33.